The van der Waals surface area contributed by atoms with Crippen molar-refractivity contribution in [3.05, 3.63) is 48.5 Å². The van der Waals surface area contributed by atoms with Gasteiger partial charge in [-0.25, -0.2) is 0 Å². The monoisotopic (exact) mass is 283 g/mol. The molecule has 0 aromatic heterocycles. The van der Waals surface area contributed by atoms with Crippen LogP contribution in [0, 0.1) is 0 Å². The van der Waals surface area contributed by atoms with Crippen LogP contribution in [0.1, 0.15) is 32.6 Å². The molecule has 0 saturated heterocycles. The highest BCUT2D eigenvalue weighted by atomic mass is 31.2. The maximum atomic E-state index is 2.55. The molecule has 0 N–H and O–H groups in total. The van der Waals surface area contributed by atoms with Crippen molar-refractivity contribution in [2.45, 2.75) is 32.6 Å². The fraction of sp³-hybridized carbons (Fsp3) is 0.368. The number of hydrogen-bond acceptors (Lipinski definition) is 0. The lowest BCUT2D eigenvalue weighted by Gasteiger charge is -2.19. The minimum Gasteiger partial charge on any atom is -0.0654 e. The summed E-state index contributed by atoms with van der Waals surface area (Å²) in [5.41, 5.74) is 2.99. The summed E-state index contributed by atoms with van der Waals surface area (Å²) in [5.74, 6) is 0. The van der Waals surface area contributed by atoms with Crippen LogP contribution in [0.25, 0.3) is 11.1 Å². The summed E-state index contributed by atoms with van der Waals surface area (Å²) in [6, 6.07) is 18.2. The Hall–Kier alpha value is -1.13. The Morgan fingerprint density at radius 1 is 0.750 bits per heavy atom. The molecule has 1 aliphatic rings. The molecule has 2 aromatic carbocycles. The summed E-state index contributed by atoms with van der Waals surface area (Å²) in [7, 11) is -1.14. The first kappa shape index (κ1) is 13.8. The van der Waals surface area contributed by atoms with Crippen molar-refractivity contribution >= 4 is 17.9 Å². The highest BCUT2D eigenvalue weighted by Crippen LogP contribution is 2.60. The number of hydrogen-bond donors (Lipinski definition) is 0. The Labute approximate surface area is 123 Å². The summed E-state index contributed by atoms with van der Waals surface area (Å²) in [6.45, 7) is 4.83. The van der Waals surface area contributed by atoms with Crippen LogP contribution in [0.15, 0.2) is 48.5 Å². The van der Waals surface area contributed by atoms with Crippen molar-refractivity contribution in [2.75, 3.05) is 12.8 Å². The van der Waals surface area contributed by atoms with Crippen LogP contribution in [0.4, 0.5) is 0 Å². The summed E-state index contributed by atoms with van der Waals surface area (Å²) in [6.07, 6.45) is 6.84. The first-order valence-corrected chi connectivity index (χ1v) is 10.2. The molecule has 1 aliphatic heterocycles. The van der Waals surface area contributed by atoms with Gasteiger partial charge in [-0.1, -0.05) is 56.2 Å². The molecule has 1 heterocycles. The van der Waals surface area contributed by atoms with E-state index in [1.54, 1.807) is 10.6 Å². The standard InChI is InChI=1S/C19H24P/c1-3-4-5-10-15-20(2)18-13-8-6-11-16(18)17-12-7-9-14-19(17)20/h6-9,11-14H,3-5,10,15H2,1-2H3/q+1. The van der Waals surface area contributed by atoms with Crippen molar-refractivity contribution in [3.63, 3.8) is 0 Å². The maximum Gasteiger partial charge on any atom is 0.107 e. The van der Waals surface area contributed by atoms with E-state index in [-0.39, 0.29) is 0 Å². The second-order valence-corrected chi connectivity index (χ2v) is 9.80. The van der Waals surface area contributed by atoms with E-state index in [4.69, 9.17) is 0 Å². The maximum absolute atomic E-state index is 2.55. The fourth-order valence-electron chi connectivity index (χ4n) is 3.49. The highest BCUT2D eigenvalue weighted by molar-refractivity contribution is 7.90. The quantitative estimate of drug-likeness (QED) is 0.544. The molecule has 0 bridgehead atoms. The van der Waals surface area contributed by atoms with Gasteiger partial charge in [0, 0.05) is 11.1 Å². The number of unbranched alkanes of at least 4 members (excludes halogenated alkanes) is 3. The summed E-state index contributed by atoms with van der Waals surface area (Å²) < 4.78 is 0. The number of rotatable bonds is 5. The van der Waals surface area contributed by atoms with Gasteiger partial charge in [-0.15, -0.1) is 0 Å². The normalized spacial score (nSPS) is 14.9. The molecule has 1 heteroatoms. The van der Waals surface area contributed by atoms with Gasteiger partial charge < -0.3 is 0 Å². The summed E-state index contributed by atoms with van der Waals surface area (Å²) in [4.78, 5) is 0. The van der Waals surface area contributed by atoms with Gasteiger partial charge in [0.1, 0.15) is 10.6 Å². The lowest BCUT2D eigenvalue weighted by atomic mass is 10.1. The van der Waals surface area contributed by atoms with Crippen LogP contribution in [-0.2, 0) is 0 Å². The molecule has 0 radical (unpaired) electrons. The number of fused-ring (bicyclic) bond motifs is 3. The lowest BCUT2D eigenvalue weighted by Crippen LogP contribution is -2.18. The van der Waals surface area contributed by atoms with Gasteiger partial charge in [-0.2, -0.15) is 0 Å². The van der Waals surface area contributed by atoms with Crippen LogP contribution in [0.5, 0.6) is 0 Å². The Kier molecular flexibility index (Phi) is 3.94. The van der Waals surface area contributed by atoms with E-state index in [0.29, 0.717) is 0 Å². The fourth-order valence-corrected chi connectivity index (χ4v) is 7.37. The smallest absolute Gasteiger partial charge is 0.0654 e. The Bertz CT molecular complexity index is 555. The van der Waals surface area contributed by atoms with Gasteiger partial charge in [0.25, 0.3) is 0 Å². The molecule has 0 spiro atoms. The van der Waals surface area contributed by atoms with Crippen LogP contribution in [-0.4, -0.2) is 12.8 Å². The second-order valence-electron chi connectivity index (χ2n) is 6.01. The molecule has 0 nitrogen and oxygen atoms in total. The van der Waals surface area contributed by atoms with Crippen molar-refractivity contribution in [2.24, 2.45) is 0 Å². The van der Waals surface area contributed by atoms with Crippen molar-refractivity contribution in [3.8, 4) is 11.1 Å². The van der Waals surface area contributed by atoms with Crippen LogP contribution >= 0.6 is 7.26 Å². The summed E-state index contributed by atoms with van der Waals surface area (Å²) >= 11 is 0. The van der Waals surface area contributed by atoms with Gasteiger partial charge in [0.2, 0.25) is 0 Å². The van der Waals surface area contributed by atoms with E-state index < -0.39 is 7.26 Å². The molecule has 3 rings (SSSR count). The third kappa shape index (κ3) is 2.21. The molecular formula is C19H24P+. The third-order valence-electron chi connectivity index (χ3n) is 4.62. The molecule has 0 fully saturated rings. The third-order valence-corrected chi connectivity index (χ3v) is 8.74. The van der Waals surface area contributed by atoms with E-state index in [0.717, 1.165) is 0 Å². The van der Waals surface area contributed by atoms with Gasteiger partial charge >= 0.3 is 0 Å². The predicted molar refractivity (Wildman–Crippen MR) is 93.0 cm³/mol. The Balaban J connectivity index is 1.97. The molecule has 0 unspecified atom stereocenters. The van der Waals surface area contributed by atoms with Crippen molar-refractivity contribution < 1.29 is 0 Å². The van der Waals surface area contributed by atoms with Gasteiger partial charge in [-0.3, -0.25) is 0 Å². The molecule has 0 atom stereocenters. The van der Waals surface area contributed by atoms with E-state index in [1.165, 1.54) is 43.0 Å². The average molecular weight is 283 g/mol. The van der Waals surface area contributed by atoms with Gasteiger partial charge in [-0.05, 0) is 25.0 Å². The molecule has 20 heavy (non-hydrogen) atoms. The van der Waals surface area contributed by atoms with E-state index in [2.05, 4.69) is 62.1 Å². The molecule has 104 valence electrons. The lowest BCUT2D eigenvalue weighted by molar-refractivity contribution is 0.705. The average Bonchev–Trinajstić information content (AvgIpc) is 2.75. The zero-order chi connectivity index (χ0) is 14.0. The first-order valence-electron chi connectivity index (χ1n) is 7.82. The van der Waals surface area contributed by atoms with Crippen molar-refractivity contribution in [1.29, 1.82) is 0 Å². The Morgan fingerprint density at radius 3 is 1.85 bits per heavy atom. The minimum absolute atomic E-state index is 1.14. The van der Waals surface area contributed by atoms with E-state index in [1.807, 2.05) is 0 Å². The molecule has 0 saturated carbocycles. The topological polar surface area (TPSA) is 0 Å². The predicted octanol–water partition coefficient (Wildman–Crippen LogP) is 4.85. The molecule has 2 aromatic rings. The van der Waals surface area contributed by atoms with Crippen molar-refractivity contribution in [1.82, 2.24) is 0 Å². The molecule has 0 amide bonds. The Morgan fingerprint density at radius 2 is 1.30 bits per heavy atom. The number of benzene rings is 2. The first-order chi connectivity index (χ1) is 9.77. The second kappa shape index (κ2) is 5.70. The van der Waals surface area contributed by atoms with Crippen LogP contribution in [0.3, 0.4) is 0 Å². The minimum atomic E-state index is -1.14. The van der Waals surface area contributed by atoms with E-state index >= 15 is 0 Å². The zero-order valence-corrected chi connectivity index (χ0v) is 13.5. The largest absolute Gasteiger partial charge is 0.107 e. The van der Waals surface area contributed by atoms with Gasteiger partial charge in [0.15, 0.2) is 0 Å². The van der Waals surface area contributed by atoms with Crippen LogP contribution in [0.2, 0.25) is 0 Å². The van der Waals surface area contributed by atoms with Gasteiger partial charge in [0.05, 0.1) is 20.1 Å². The highest BCUT2D eigenvalue weighted by Gasteiger charge is 2.46. The summed E-state index contributed by atoms with van der Waals surface area (Å²) in [5, 5.41) is 3.27. The van der Waals surface area contributed by atoms with Crippen LogP contribution < -0.4 is 10.6 Å². The SMILES string of the molecule is CCCCCC[P+]1(C)c2ccccc2-c2ccccc21. The molecule has 0 aliphatic carbocycles. The van der Waals surface area contributed by atoms with E-state index in [9.17, 15) is 0 Å². The molecular weight excluding hydrogens is 259 g/mol. The zero-order valence-electron chi connectivity index (χ0n) is 12.6.